The van der Waals surface area contributed by atoms with Crippen LogP contribution in [0.15, 0.2) is 60.3 Å². The molecule has 1 atom stereocenters. The van der Waals surface area contributed by atoms with Crippen molar-refractivity contribution in [1.82, 2.24) is 19.9 Å². The quantitative estimate of drug-likeness (QED) is 0.343. The van der Waals surface area contributed by atoms with Gasteiger partial charge in [-0.1, -0.05) is 18.5 Å². The second kappa shape index (κ2) is 10.7. The van der Waals surface area contributed by atoms with Crippen LogP contribution in [0.25, 0.3) is 11.0 Å². The highest BCUT2D eigenvalue weighted by atomic mass is 35.5. The number of benzene rings is 1. The highest BCUT2D eigenvalue weighted by Crippen LogP contribution is 2.38. The number of carbonyl (C=O) groups excluding carboxylic acids is 1. The predicted octanol–water partition coefficient (Wildman–Crippen LogP) is 5.51. The SMILES string of the molecule is CC1CC=C(Oc2ccc(Nc3ncnc4ccn(CCNC(=O)C(C)(C)O)c34)cc2Cl)C=C1C(F)(F)F. The highest BCUT2D eigenvalue weighted by Gasteiger charge is 2.38. The van der Waals surface area contributed by atoms with Gasteiger partial charge in [-0.15, -0.1) is 0 Å². The lowest BCUT2D eigenvalue weighted by Crippen LogP contribution is -2.43. The summed E-state index contributed by atoms with van der Waals surface area (Å²) in [5.74, 6) is -0.338. The molecule has 202 valence electrons. The minimum Gasteiger partial charge on any atom is -0.456 e. The van der Waals surface area contributed by atoms with Crippen molar-refractivity contribution >= 4 is 40.0 Å². The van der Waals surface area contributed by atoms with Crippen LogP contribution in [0.5, 0.6) is 5.75 Å². The third-order valence-corrected chi connectivity index (χ3v) is 6.29. The largest absolute Gasteiger partial charge is 0.456 e. The molecule has 12 heteroatoms. The Morgan fingerprint density at radius 2 is 2.03 bits per heavy atom. The van der Waals surface area contributed by atoms with E-state index in [2.05, 4.69) is 20.6 Å². The first-order chi connectivity index (χ1) is 17.8. The van der Waals surface area contributed by atoms with Gasteiger partial charge < -0.3 is 25.0 Å². The Bertz CT molecular complexity index is 1410. The second-order valence-corrected chi connectivity index (χ2v) is 9.90. The number of fused-ring (bicyclic) bond motifs is 1. The molecule has 1 amide bonds. The van der Waals surface area contributed by atoms with Gasteiger partial charge in [0.15, 0.2) is 5.82 Å². The fourth-order valence-corrected chi connectivity index (χ4v) is 4.17. The van der Waals surface area contributed by atoms with Crippen LogP contribution >= 0.6 is 11.6 Å². The molecule has 8 nitrogen and oxygen atoms in total. The lowest BCUT2D eigenvalue weighted by Gasteiger charge is -2.22. The number of nitrogens with zero attached hydrogens (tertiary/aromatic N) is 3. The lowest BCUT2D eigenvalue weighted by atomic mass is 9.92. The van der Waals surface area contributed by atoms with E-state index in [-0.39, 0.29) is 29.5 Å². The Morgan fingerprint density at radius 1 is 1.26 bits per heavy atom. The Hall–Kier alpha value is -3.57. The summed E-state index contributed by atoms with van der Waals surface area (Å²) in [6.45, 7) is 5.02. The maximum absolute atomic E-state index is 13.3. The van der Waals surface area contributed by atoms with Crippen molar-refractivity contribution in [2.24, 2.45) is 5.92 Å². The first-order valence-electron chi connectivity index (χ1n) is 11.9. The highest BCUT2D eigenvalue weighted by molar-refractivity contribution is 6.32. The summed E-state index contributed by atoms with van der Waals surface area (Å²) >= 11 is 6.40. The standard InChI is InChI=1S/C26H27ClF3N5O3/c1-15-4-6-17(13-18(15)26(28,29)30)38-21-7-5-16(12-19(21)27)34-23-22-20(32-14-33-23)8-10-35(22)11-9-31-24(36)25(2,3)37/h5-8,10,12-15,37H,4,9,11H2,1-3H3,(H,31,36)(H,32,33,34). The number of rotatable bonds is 8. The van der Waals surface area contributed by atoms with Crippen molar-refractivity contribution in [2.45, 2.75) is 45.5 Å². The number of hydrogen-bond donors (Lipinski definition) is 3. The lowest BCUT2D eigenvalue weighted by molar-refractivity contribution is -0.136. The van der Waals surface area contributed by atoms with E-state index in [9.17, 15) is 23.1 Å². The van der Waals surface area contributed by atoms with Gasteiger partial charge in [-0.2, -0.15) is 13.2 Å². The van der Waals surface area contributed by atoms with Crippen molar-refractivity contribution < 1.29 is 27.8 Å². The second-order valence-electron chi connectivity index (χ2n) is 9.49. The summed E-state index contributed by atoms with van der Waals surface area (Å²) in [6, 6.07) is 6.63. The van der Waals surface area contributed by atoms with Gasteiger partial charge in [-0.25, -0.2) is 9.97 Å². The minimum absolute atomic E-state index is 0.0880. The average Bonchev–Trinajstić information content (AvgIpc) is 3.24. The maximum Gasteiger partial charge on any atom is 0.413 e. The average molecular weight is 550 g/mol. The van der Waals surface area contributed by atoms with E-state index in [4.69, 9.17) is 16.3 Å². The maximum atomic E-state index is 13.3. The van der Waals surface area contributed by atoms with Gasteiger partial charge in [0.1, 0.15) is 29.0 Å². The number of amides is 1. The van der Waals surface area contributed by atoms with Crippen LogP contribution in [-0.4, -0.2) is 43.9 Å². The van der Waals surface area contributed by atoms with Crippen LogP contribution in [0.1, 0.15) is 27.2 Å². The van der Waals surface area contributed by atoms with Gasteiger partial charge in [0.2, 0.25) is 0 Å². The van der Waals surface area contributed by atoms with E-state index < -0.39 is 29.2 Å². The normalized spacial score (nSPS) is 16.2. The molecule has 3 N–H and O–H groups in total. The topological polar surface area (TPSA) is 101 Å². The van der Waals surface area contributed by atoms with E-state index in [1.165, 1.54) is 27.1 Å². The molecule has 0 saturated heterocycles. The predicted molar refractivity (Wildman–Crippen MR) is 138 cm³/mol. The van der Waals surface area contributed by atoms with Crippen LogP contribution in [0.2, 0.25) is 5.02 Å². The number of carbonyl (C=O) groups is 1. The molecule has 2 aromatic heterocycles. The Balaban J connectivity index is 1.49. The molecular formula is C26H27ClF3N5O3. The number of nitrogens with one attached hydrogen (secondary N) is 2. The molecule has 0 fully saturated rings. The summed E-state index contributed by atoms with van der Waals surface area (Å²) in [5, 5.41) is 15.9. The molecule has 0 saturated carbocycles. The molecule has 3 aromatic rings. The number of alkyl halides is 3. The molecule has 1 unspecified atom stereocenters. The molecule has 38 heavy (non-hydrogen) atoms. The molecule has 4 rings (SSSR count). The number of halogens is 4. The monoisotopic (exact) mass is 549 g/mol. The zero-order valence-corrected chi connectivity index (χ0v) is 21.7. The Labute approximate surface area is 222 Å². The van der Waals surface area contributed by atoms with E-state index in [1.54, 1.807) is 24.3 Å². The number of anilines is 2. The first-order valence-corrected chi connectivity index (χ1v) is 12.2. The number of aliphatic hydroxyl groups is 1. The summed E-state index contributed by atoms with van der Waals surface area (Å²) in [7, 11) is 0. The van der Waals surface area contributed by atoms with Crippen LogP contribution in [0.3, 0.4) is 0 Å². The fraction of sp³-hybridized carbons (Fsp3) is 0.346. The molecule has 0 bridgehead atoms. The summed E-state index contributed by atoms with van der Waals surface area (Å²) < 4.78 is 47.4. The van der Waals surface area contributed by atoms with Gasteiger partial charge in [0.05, 0.1) is 10.5 Å². The minimum atomic E-state index is -4.43. The number of ether oxygens (including phenoxy) is 1. The van der Waals surface area contributed by atoms with Gasteiger partial charge in [0.25, 0.3) is 5.91 Å². The third kappa shape index (κ3) is 6.28. The van der Waals surface area contributed by atoms with Gasteiger partial charge in [0, 0.05) is 30.5 Å². The smallest absolute Gasteiger partial charge is 0.413 e. The summed E-state index contributed by atoms with van der Waals surface area (Å²) in [5.41, 5.74) is -0.184. The van der Waals surface area contributed by atoms with E-state index in [0.717, 1.165) is 6.08 Å². The zero-order valence-electron chi connectivity index (χ0n) is 20.9. The first kappa shape index (κ1) is 27.5. The van der Waals surface area contributed by atoms with Crippen molar-refractivity contribution in [1.29, 1.82) is 0 Å². The van der Waals surface area contributed by atoms with Crippen molar-refractivity contribution in [2.75, 3.05) is 11.9 Å². The zero-order chi connectivity index (χ0) is 27.7. The number of hydrogen-bond acceptors (Lipinski definition) is 6. The van der Waals surface area contributed by atoms with Crippen LogP contribution in [0, 0.1) is 5.92 Å². The van der Waals surface area contributed by atoms with Crippen LogP contribution in [-0.2, 0) is 11.3 Å². The Morgan fingerprint density at radius 3 is 2.71 bits per heavy atom. The van der Waals surface area contributed by atoms with Crippen molar-refractivity contribution in [3.05, 3.63) is 65.3 Å². The molecule has 0 aliphatic heterocycles. The Kier molecular flexibility index (Phi) is 7.70. The van der Waals surface area contributed by atoms with E-state index in [1.807, 2.05) is 16.8 Å². The van der Waals surface area contributed by atoms with Gasteiger partial charge >= 0.3 is 6.18 Å². The summed E-state index contributed by atoms with van der Waals surface area (Å²) in [4.78, 5) is 20.5. The molecule has 0 spiro atoms. The molecular weight excluding hydrogens is 523 g/mol. The van der Waals surface area contributed by atoms with Gasteiger partial charge in [-0.05, 0) is 62.6 Å². The fourth-order valence-electron chi connectivity index (χ4n) is 3.95. The van der Waals surface area contributed by atoms with Crippen LogP contribution < -0.4 is 15.4 Å². The molecule has 2 heterocycles. The molecule has 1 aliphatic rings. The van der Waals surface area contributed by atoms with E-state index >= 15 is 0 Å². The van der Waals surface area contributed by atoms with Gasteiger partial charge in [-0.3, -0.25) is 4.79 Å². The third-order valence-electron chi connectivity index (χ3n) is 6.00. The molecule has 0 radical (unpaired) electrons. The van der Waals surface area contributed by atoms with E-state index in [0.29, 0.717) is 29.1 Å². The summed E-state index contributed by atoms with van der Waals surface area (Å²) in [6.07, 6.45) is 1.62. The van der Waals surface area contributed by atoms with Crippen molar-refractivity contribution in [3.63, 3.8) is 0 Å². The number of allylic oxidation sites excluding steroid dienone is 3. The molecule has 1 aliphatic carbocycles. The van der Waals surface area contributed by atoms with Crippen LogP contribution in [0.4, 0.5) is 24.7 Å². The number of aromatic nitrogens is 3. The molecule has 1 aromatic carbocycles. The van der Waals surface area contributed by atoms with Crippen molar-refractivity contribution in [3.8, 4) is 5.75 Å².